The van der Waals surface area contributed by atoms with Crippen LogP contribution in [0.15, 0.2) is 0 Å². The summed E-state index contributed by atoms with van der Waals surface area (Å²) in [7, 11) is -2.83. The lowest BCUT2D eigenvalue weighted by molar-refractivity contribution is 0.487. The van der Waals surface area contributed by atoms with Gasteiger partial charge < -0.3 is 5.32 Å². The Kier molecular flexibility index (Phi) is 3.67. The molecule has 1 saturated carbocycles. The zero-order chi connectivity index (χ0) is 10.7. The number of sulfone groups is 1. The van der Waals surface area contributed by atoms with E-state index in [-0.39, 0.29) is 5.25 Å². The van der Waals surface area contributed by atoms with Gasteiger partial charge in [0.15, 0.2) is 9.84 Å². The zero-order valence-corrected chi connectivity index (χ0v) is 10.1. The molecule has 1 N–H and O–H groups in total. The van der Waals surface area contributed by atoms with Crippen LogP contribution in [0.3, 0.4) is 0 Å². The van der Waals surface area contributed by atoms with Crippen LogP contribution in [0.1, 0.15) is 38.5 Å². The molecule has 0 spiro atoms. The highest BCUT2D eigenvalue weighted by Crippen LogP contribution is 2.27. The van der Waals surface area contributed by atoms with Crippen molar-refractivity contribution in [2.45, 2.75) is 43.8 Å². The smallest absolute Gasteiger partial charge is 0.154 e. The summed E-state index contributed by atoms with van der Waals surface area (Å²) in [5.74, 6) is 0.899. The van der Waals surface area contributed by atoms with Crippen LogP contribution in [0.5, 0.6) is 0 Å². The van der Waals surface area contributed by atoms with Crippen LogP contribution >= 0.6 is 0 Å². The first-order valence-electron chi connectivity index (χ1n) is 6.11. The fraction of sp³-hybridized carbons (Fsp3) is 1.00. The van der Waals surface area contributed by atoms with E-state index in [1.807, 2.05) is 0 Å². The molecule has 0 aromatic carbocycles. The predicted molar refractivity (Wildman–Crippen MR) is 61.6 cm³/mol. The number of hydrogen-bond acceptors (Lipinski definition) is 3. The molecule has 15 heavy (non-hydrogen) atoms. The average molecular weight is 231 g/mol. The lowest BCUT2D eigenvalue weighted by Gasteiger charge is -2.24. The number of piperidine rings is 1. The molecule has 3 nitrogen and oxygen atoms in total. The van der Waals surface area contributed by atoms with Gasteiger partial charge in [-0.05, 0) is 38.1 Å². The molecular weight excluding hydrogens is 210 g/mol. The Labute approximate surface area is 92.6 Å². The van der Waals surface area contributed by atoms with E-state index in [1.54, 1.807) is 0 Å². The van der Waals surface area contributed by atoms with Gasteiger partial charge in [-0.25, -0.2) is 8.42 Å². The van der Waals surface area contributed by atoms with Crippen LogP contribution < -0.4 is 5.32 Å². The van der Waals surface area contributed by atoms with Gasteiger partial charge in [-0.2, -0.15) is 0 Å². The summed E-state index contributed by atoms with van der Waals surface area (Å²) in [4.78, 5) is 0. The predicted octanol–water partition coefficient (Wildman–Crippen LogP) is 1.34. The molecule has 0 aromatic rings. The lowest BCUT2D eigenvalue weighted by Crippen LogP contribution is -2.40. The SMILES string of the molecule is O=S(=O)(CC1CCCC1)C1CCCNC1. The van der Waals surface area contributed by atoms with E-state index >= 15 is 0 Å². The van der Waals surface area contributed by atoms with Gasteiger partial charge in [0.2, 0.25) is 0 Å². The van der Waals surface area contributed by atoms with Crippen LogP contribution in [0.4, 0.5) is 0 Å². The minimum atomic E-state index is -2.83. The van der Waals surface area contributed by atoms with E-state index in [9.17, 15) is 8.42 Å². The Morgan fingerprint density at radius 1 is 1.07 bits per heavy atom. The van der Waals surface area contributed by atoms with Gasteiger partial charge in [0, 0.05) is 6.54 Å². The number of rotatable bonds is 3. The summed E-state index contributed by atoms with van der Waals surface area (Å²) in [5.41, 5.74) is 0. The molecule has 1 saturated heterocycles. The van der Waals surface area contributed by atoms with Crippen LogP contribution in [0.2, 0.25) is 0 Å². The maximum atomic E-state index is 12.1. The normalized spacial score (nSPS) is 29.5. The van der Waals surface area contributed by atoms with Gasteiger partial charge in [-0.1, -0.05) is 12.8 Å². The molecule has 1 aliphatic carbocycles. The van der Waals surface area contributed by atoms with Crippen molar-refractivity contribution in [1.29, 1.82) is 0 Å². The zero-order valence-electron chi connectivity index (χ0n) is 9.24. The maximum Gasteiger partial charge on any atom is 0.154 e. The third-order valence-corrected chi connectivity index (χ3v) is 6.06. The molecule has 0 radical (unpaired) electrons. The first-order chi connectivity index (χ1) is 7.18. The van der Waals surface area contributed by atoms with Crippen molar-refractivity contribution in [2.24, 2.45) is 5.92 Å². The first kappa shape index (κ1) is 11.4. The van der Waals surface area contributed by atoms with E-state index in [0.717, 1.165) is 32.2 Å². The highest BCUT2D eigenvalue weighted by Gasteiger charge is 2.30. The monoisotopic (exact) mass is 231 g/mol. The molecule has 88 valence electrons. The molecule has 1 heterocycles. The van der Waals surface area contributed by atoms with Gasteiger partial charge in [-0.15, -0.1) is 0 Å². The molecule has 0 aromatic heterocycles. The minimum absolute atomic E-state index is 0.105. The fourth-order valence-corrected chi connectivity index (χ4v) is 4.93. The largest absolute Gasteiger partial charge is 0.315 e. The van der Waals surface area contributed by atoms with Crippen LogP contribution in [-0.4, -0.2) is 32.5 Å². The van der Waals surface area contributed by atoms with Crippen molar-refractivity contribution >= 4 is 9.84 Å². The molecule has 1 unspecified atom stereocenters. The molecule has 1 aliphatic heterocycles. The summed E-state index contributed by atoms with van der Waals surface area (Å²) in [6.45, 7) is 1.66. The van der Waals surface area contributed by atoms with Gasteiger partial charge >= 0.3 is 0 Å². The molecule has 2 rings (SSSR count). The molecule has 0 bridgehead atoms. The summed E-state index contributed by atoms with van der Waals surface area (Å²) in [6, 6.07) is 0. The Bertz CT molecular complexity index is 288. The van der Waals surface area contributed by atoms with Crippen LogP contribution in [-0.2, 0) is 9.84 Å². The highest BCUT2D eigenvalue weighted by molar-refractivity contribution is 7.92. The van der Waals surface area contributed by atoms with E-state index < -0.39 is 9.84 Å². The molecule has 0 amide bonds. The summed E-state index contributed by atoms with van der Waals surface area (Å²) in [5, 5.41) is 3.08. The first-order valence-corrected chi connectivity index (χ1v) is 7.82. The van der Waals surface area contributed by atoms with E-state index in [0.29, 0.717) is 18.2 Å². The second kappa shape index (κ2) is 4.83. The second-order valence-corrected chi connectivity index (χ2v) is 7.27. The lowest BCUT2D eigenvalue weighted by atomic mass is 10.1. The second-order valence-electron chi connectivity index (χ2n) is 4.95. The summed E-state index contributed by atoms with van der Waals surface area (Å²) >= 11 is 0. The quantitative estimate of drug-likeness (QED) is 0.797. The van der Waals surface area contributed by atoms with Crippen LogP contribution in [0.25, 0.3) is 0 Å². The van der Waals surface area contributed by atoms with Crippen molar-refractivity contribution in [3.05, 3.63) is 0 Å². The van der Waals surface area contributed by atoms with Crippen molar-refractivity contribution in [1.82, 2.24) is 5.32 Å². The van der Waals surface area contributed by atoms with Crippen molar-refractivity contribution in [3.8, 4) is 0 Å². The van der Waals surface area contributed by atoms with E-state index in [4.69, 9.17) is 0 Å². The average Bonchev–Trinajstić information content (AvgIpc) is 2.71. The van der Waals surface area contributed by atoms with Gasteiger partial charge in [0.25, 0.3) is 0 Å². The van der Waals surface area contributed by atoms with E-state index in [2.05, 4.69) is 5.32 Å². The number of hydrogen-bond donors (Lipinski definition) is 1. The van der Waals surface area contributed by atoms with Gasteiger partial charge in [0.05, 0.1) is 11.0 Å². The molecule has 2 fully saturated rings. The van der Waals surface area contributed by atoms with Gasteiger partial charge in [0.1, 0.15) is 0 Å². The maximum absolute atomic E-state index is 12.1. The third-order valence-electron chi connectivity index (χ3n) is 3.70. The molecule has 1 atom stereocenters. The van der Waals surface area contributed by atoms with Crippen molar-refractivity contribution < 1.29 is 8.42 Å². The molecule has 2 aliphatic rings. The Hall–Kier alpha value is -0.0900. The third kappa shape index (κ3) is 2.94. The fourth-order valence-electron chi connectivity index (χ4n) is 2.77. The van der Waals surface area contributed by atoms with Gasteiger partial charge in [-0.3, -0.25) is 0 Å². The van der Waals surface area contributed by atoms with Crippen molar-refractivity contribution in [3.63, 3.8) is 0 Å². The Balaban J connectivity index is 1.92. The minimum Gasteiger partial charge on any atom is -0.315 e. The number of nitrogens with one attached hydrogen (secondary N) is 1. The molecule has 4 heteroatoms. The van der Waals surface area contributed by atoms with Crippen LogP contribution in [0, 0.1) is 5.92 Å². The van der Waals surface area contributed by atoms with Crippen molar-refractivity contribution in [2.75, 3.05) is 18.8 Å². The van der Waals surface area contributed by atoms with E-state index in [1.165, 1.54) is 12.8 Å². The topological polar surface area (TPSA) is 46.2 Å². The molecular formula is C11H21NO2S. The Morgan fingerprint density at radius 2 is 1.80 bits per heavy atom. The Morgan fingerprint density at radius 3 is 2.40 bits per heavy atom. The highest BCUT2D eigenvalue weighted by atomic mass is 32.2. The summed E-state index contributed by atoms with van der Waals surface area (Å²) in [6.07, 6.45) is 6.57. The standard InChI is InChI=1S/C11H21NO2S/c13-15(14,9-10-4-1-2-5-10)11-6-3-7-12-8-11/h10-12H,1-9H2. The summed E-state index contributed by atoms with van der Waals surface area (Å²) < 4.78 is 24.2.